The van der Waals surface area contributed by atoms with Crippen LogP contribution < -0.4 is 10.6 Å². The van der Waals surface area contributed by atoms with Crippen molar-refractivity contribution in [2.24, 2.45) is 11.1 Å². The van der Waals surface area contributed by atoms with Gasteiger partial charge in [-0.25, -0.2) is 4.98 Å². The normalized spacial score (nSPS) is 20.8. The van der Waals surface area contributed by atoms with Gasteiger partial charge in [-0.1, -0.05) is 19.9 Å². The van der Waals surface area contributed by atoms with E-state index in [9.17, 15) is 0 Å². The van der Waals surface area contributed by atoms with Crippen LogP contribution in [0, 0.1) is 5.41 Å². The van der Waals surface area contributed by atoms with E-state index in [0.717, 1.165) is 25.3 Å². The van der Waals surface area contributed by atoms with Gasteiger partial charge in [0.1, 0.15) is 5.82 Å². The molecule has 100 valence electrons. The van der Waals surface area contributed by atoms with E-state index in [1.807, 2.05) is 13.1 Å². The van der Waals surface area contributed by atoms with Gasteiger partial charge in [-0.05, 0) is 43.2 Å². The van der Waals surface area contributed by atoms with Gasteiger partial charge < -0.3 is 10.6 Å². The highest BCUT2D eigenvalue weighted by molar-refractivity contribution is 5.40. The van der Waals surface area contributed by atoms with E-state index in [2.05, 4.69) is 35.9 Å². The zero-order valence-electron chi connectivity index (χ0n) is 11.8. The summed E-state index contributed by atoms with van der Waals surface area (Å²) >= 11 is 0. The van der Waals surface area contributed by atoms with Gasteiger partial charge in [-0.2, -0.15) is 0 Å². The van der Waals surface area contributed by atoms with Crippen molar-refractivity contribution in [3.05, 3.63) is 23.9 Å². The van der Waals surface area contributed by atoms with Crippen molar-refractivity contribution < 1.29 is 0 Å². The summed E-state index contributed by atoms with van der Waals surface area (Å²) in [6, 6.07) is 4.50. The van der Waals surface area contributed by atoms with Crippen LogP contribution in [0.25, 0.3) is 0 Å². The highest BCUT2D eigenvalue weighted by atomic mass is 15.2. The zero-order chi connectivity index (χ0) is 13.2. The zero-order valence-corrected chi connectivity index (χ0v) is 11.8. The minimum atomic E-state index is 0.201. The summed E-state index contributed by atoms with van der Waals surface area (Å²) in [6.45, 7) is 8.93. The molecule has 1 aliphatic heterocycles. The largest absolute Gasteiger partial charge is 0.356 e. The summed E-state index contributed by atoms with van der Waals surface area (Å²) in [4.78, 5) is 6.99. The summed E-state index contributed by atoms with van der Waals surface area (Å²) in [6.07, 6.45) is 5.45. The highest BCUT2D eigenvalue weighted by Crippen LogP contribution is 2.30. The Balaban J connectivity index is 2.05. The Labute approximate surface area is 110 Å². The second-order valence-electron chi connectivity index (χ2n) is 6.40. The Morgan fingerprint density at radius 1 is 1.44 bits per heavy atom. The predicted octanol–water partition coefficient (Wildman–Crippen LogP) is 2.60. The smallest absolute Gasteiger partial charge is 0.128 e. The van der Waals surface area contributed by atoms with Gasteiger partial charge in [0.25, 0.3) is 0 Å². The molecule has 0 saturated carbocycles. The number of hydrogen-bond donors (Lipinski definition) is 1. The monoisotopic (exact) mass is 247 g/mol. The van der Waals surface area contributed by atoms with Crippen LogP contribution in [0.4, 0.5) is 5.82 Å². The van der Waals surface area contributed by atoms with Crippen molar-refractivity contribution in [3.63, 3.8) is 0 Å². The molecule has 0 amide bonds. The molecule has 1 atom stereocenters. The number of nitrogens with zero attached hydrogens (tertiary/aromatic N) is 2. The number of hydrogen-bond acceptors (Lipinski definition) is 3. The van der Waals surface area contributed by atoms with Crippen LogP contribution in [-0.4, -0.2) is 24.1 Å². The minimum Gasteiger partial charge on any atom is -0.356 e. The third-order valence-corrected chi connectivity index (χ3v) is 3.59. The van der Waals surface area contributed by atoms with Gasteiger partial charge in [-0.3, -0.25) is 0 Å². The van der Waals surface area contributed by atoms with Crippen LogP contribution in [0.15, 0.2) is 18.3 Å². The van der Waals surface area contributed by atoms with Gasteiger partial charge in [0.15, 0.2) is 0 Å². The molecule has 1 fully saturated rings. The Morgan fingerprint density at radius 2 is 2.22 bits per heavy atom. The Kier molecular flexibility index (Phi) is 3.91. The summed E-state index contributed by atoms with van der Waals surface area (Å²) < 4.78 is 0. The lowest BCUT2D eigenvalue weighted by atomic mass is 9.84. The SMILES string of the molecule is CC(N)Cc1ccc(N2CCCC(C)(C)C2)nc1. The van der Waals surface area contributed by atoms with Crippen LogP contribution in [0.5, 0.6) is 0 Å². The number of anilines is 1. The van der Waals surface area contributed by atoms with Crippen molar-refractivity contribution in [2.45, 2.75) is 46.1 Å². The number of pyridine rings is 1. The van der Waals surface area contributed by atoms with Crippen molar-refractivity contribution in [1.29, 1.82) is 0 Å². The first kappa shape index (κ1) is 13.3. The molecule has 3 nitrogen and oxygen atoms in total. The van der Waals surface area contributed by atoms with Crippen molar-refractivity contribution in [2.75, 3.05) is 18.0 Å². The maximum Gasteiger partial charge on any atom is 0.128 e. The van der Waals surface area contributed by atoms with Gasteiger partial charge >= 0.3 is 0 Å². The van der Waals surface area contributed by atoms with E-state index in [1.54, 1.807) is 0 Å². The van der Waals surface area contributed by atoms with Gasteiger partial charge in [0.2, 0.25) is 0 Å². The average Bonchev–Trinajstić information content (AvgIpc) is 2.28. The Morgan fingerprint density at radius 3 is 2.78 bits per heavy atom. The van der Waals surface area contributed by atoms with E-state index in [4.69, 9.17) is 5.73 Å². The first-order valence-corrected chi connectivity index (χ1v) is 6.92. The first-order chi connectivity index (χ1) is 8.46. The van der Waals surface area contributed by atoms with Crippen LogP contribution in [0.1, 0.15) is 39.2 Å². The van der Waals surface area contributed by atoms with Crippen LogP contribution >= 0.6 is 0 Å². The topological polar surface area (TPSA) is 42.1 Å². The molecule has 0 radical (unpaired) electrons. The molecule has 0 aromatic carbocycles. The van der Waals surface area contributed by atoms with Crippen molar-refractivity contribution in [1.82, 2.24) is 4.98 Å². The second kappa shape index (κ2) is 5.27. The highest BCUT2D eigenvalue weighted by Gasteiger charge is 2.26. The number of nitrogens with two attached hydrogens (primary N) is 1. The molecule has 3 heteroatoms. The summed E-state index contributed by atoms with van der Waals surface area (Å²) in [5.74, 6) is 1.11. The van der Waals surface area contributed by atoms with Crippen LogP contribution in [0.3, 0.4) is 0 Å². The number of aromatic nitrogens is 1. The number of piperidine rings is 1. The molecular weight excluding hydrogens is 222 g/mol. The lowest BCUT2D eigenvalue weighted by Crippen LogP contribution is -2.40. The Bertz CT molecular complexity index is 381. The number of rotatable bonds is 3. The molecule has 18 heavy (non-hydrogen) atoms. The fourth-order valence-electron chi connectivity index (χ4n) is 2.72. The molecule has 0 aliphatic carbocycles. The molecule has 2 heterocycles. The minimum absolute atomic E-state index is 0.201. The fraction of sp³-hybridized carbons (Fsp3) is 0.667. The lowest BCUT2D eigenvalue weighted by molar-refractivity contribution is 0.292. The molecule has 2 N–H and O–H groups in total. The lowest BCUT2D eigenvalue weighted by Gasteiger charge is -2.38. The second-order valence-corrected chi connectivity index (χ2v) is 6.40. The molecule has 2 rings (SSSR count). The van der Waals surface area contributed by atoms with Crippen LogP contribution in [0.2, 0.25) is 0 Å². The van der Waals surface area contributed by atoms with E-state index >= 15 is 0 Å². The molecule has 1 saturated heterocycles. The predicted molar refractivity (Wildman–Crippen MR) is 76.8 cm³/mol. The molecule has 1 aliphatic rings. The Hall–Kier alpha value is -1.09. The molecule has 0 bridgehead atoms. The quantitative estimate of drug-likeness (QED) is 0.892. The average molecular weight is 247 g/mol. The van der Waals surface area contributed by atoms with Crippen molar-refractivity contribution in [3.8, 4) is 0 Å². The molecule has 1 unspecified atom stereocenters. The van der Waals surface area contributed by atoms with Gasteiger partial charge in [0.05, 0.1) is 0 Å². The van der Waals surface area contributed by atoms with E-state index < -0.39 is 0 Å². The third kappa shape index (κ3) is 3.45. The van der Waals surface area contributed by atoms with E-state index in [1.165, 1.54) is 18.4 Å². The molecule has 0 spiro atoms. The maximum atomic E-state index is 5.80. The summed E-state index contributed by atoms with van der Waals surface area (Å²) in [7, 11) is 0. The summed E-state index contributed by atoms with van der Waals surface area (Å²) in [5, 5.41) is 0. The fourth-order valence-corrected chi connectivity index (χ4v) is 2.72. The molecule has 1 aromatic heterocycles. The first-order valence-electron chi connectivity index (χ1n) is 6.92. The molecule has 1 aromatic rings. The standard InChI is InChI=1S/C15H25N3/c1-12(16)9-13-5-6-14(17-10-13)18-8-4-7-15(2,3)11-18/h5-6,10,12H,4,7-9,11,16H2,1-3H3. The van der Waals surface area contributed by atoms with Crippen molar-refractivity contribution >= 4 is 5.82 Å². The van der Waals surface area contributed by atoms with E-state index in [0.29, 0.717) is 5.41 Å². The van der Waals surface area contributed by atoms with Gasteiger partial charge in [-0.15, -0.1) is 0 Å². The maximum absolute atomic E-state index is 5.80. The van der Waals surface area contributed by atoms with Gasteiger partial charge in [0, 0.05) is 25.3 Å². The van der Waals surface area contributed by atoms with E-state index in [-0.39, 0.29) is 6.04 Å². The summed E-state index contributed by atoms with van der Waals surface area (Å²) in [5.41, 5.74) is 7.44. The van der Waals surface area contributed by atoms with Crippen LogP contribution in [-0.2, 0) is 6.42 Å². The third-order valence-electron chi connectivity index (χ3n) is 3.59. The molecular formula is C15H25N3.